The SMILES string of the molecule is COC(=O)C(CN)Cc1ccc(S(C)(=O)=O)cc1. The number of hydrogen-bond donors (Lipinski definition) is 1. The first kappa shape index (κ1) is 14.7. The van der Waals surface area contributed by atoms with Gasteiger partial charge in [-0.05, 0) is 24.1 Å². The average molecular weight is 271 g/mol. The molecule has 0 aliphatic rings. The number of esters is 1. The van der Waals surface area contributed by atoms with Gasteiger partial charge in [0, 0.05) is 12.8 Å². The van der Waals surface area contributed by atoms with Crippen molar-refractivity contribution in [3.63, 3.8) is 0 Å². The summed E-state index contributed by atoms with van der Waals surface area (Å²) in [5, 5.41) is 0. The van der Waals surface area contributed by atoms with Crippen LogP contribution in [0.4, 0.5) is 0 Å². The second-order valence-electron chi connectivity index (χ2n) is 4.08. The van der Waals surface area contributed by atoms with E-state index in [9.17, 15) is 13.2 Å². The third kappa shape index (κ3) is 3.82. The minimum Gasteiger partial charge on any atom is -0.469 e. The van der Waals surface area contributed by atoms with Crippen molar-refractivity contribution in [2.75, 3.05) is 19.9 Å². The lowest BCUT2D eigenvalue weighted by Crippen LogP contribution is -2.26. The van der Waals surface area contributed by atoms with E-state index in [1.54, 1.807) is 12.1 Å². The Kier molecular flexibility index (Phi) is 4.86. The second kappa shape index (κ2) is 5.97. The van der Waals surface area contributed by atoms with E-state index >= 15 is 0 Å². The van der Waals surface area contributed by atoms with Gasteiger partial charge in [-0.1, -0.05) is 12.1 Å². The van der Waals surface area contributed by atoms with Gasteiger partial charge >= 0.3 is 5.97 Å². The first-order chi connectivity index (χ1) is 8.38. The van der Waals surface area contributed by atoms with Gasteiger partial charge < -0.3 is 10.5 Å². The van der Waals surface area contributed by atoms with E-state index in [0.29, 0.717) is 6.42 Å². The third-order valence-electron chi connectivity index (χ3n) is 2.65. The van der Waals surface area contributed by atoms with Crippen LogP contribution in [0.3, 0.4) is 0 Å². The van der Waals surface area contributed by atoms with E-state index in [0.717, 1.165) is 11.8 Å². The zero-order valence-corrected chi connectivity index (χ0v) is 11.2. The summed E-state index contributed by atoms with van der Waals surface area (Å²) in [5.74, 6) is -0.760. The monoisotopic (exact) mass is 271 g/mol. The molecule has 0 aliphatic carbocycles. The summed E-state index contributed by atoms with van der Waals surface area (Å²) in [6.07, 6.45) is 1.59. The molecule has 1 unspecified atom stereocenters. The highest BCUT2D eigenvalue weighted by molar-refractivity contribution is 7.90. The molecule has 1 atom stereocenters. The number of carbonyl (C=O) groups is 1. The molecular formula is C12H17NO4S. The molecule has 0 saturated carbocycles. The van der Waals surface area contributed by atoms with Crippen LogP contribution in [0.5, 0.6) is 0 Å². The van der Waals surface area contributed by atoms with Crippen LogP contribution >= 0.6 is 0 Å². The fraction of sp³-hybridized carbons (Fsp3) is 0.417. The van der Waals surface area contributed by atoms with Gasteiger partial charge in [-0.2, -0.15) is 0 Å². The molecule has 1 rings (SSSR count). The van der Waals surface area contributed by atoms with E-state index in [-0.39, 0.29) is 17.4 Å². The molecule has 0 spiro atoms. The fourth-order valence-electron chi connectivity index (χ4n) is 1.59. The zero-order chi connectivity index (χ0) is 13.8. The highest BCUT2D eigenvalue weighted by Gasteiger charge is 2.18. The van der Waals surface area contributed by atoms with Crippen molar-refractivity contribution >= 4 is 15.8 Å². The van der Waals surface area contributed by atoms with E-state index in [2.05, 4.69) is 4.74 Å². The molecule has 0 fully saturated rings. The van der Waals surface area contributed by atoms with Crippen LogP contribution in [-0.4, -0.2) is 34.3 Å². The predicted molar refractivity (Wildman–Crippen MR) is 67.8 cm³/mol. The van der Waals surface area contributed by atoms with Crippen LogP contribution in [0.25, 0.3) is 0 Å². The van der Waals surface area contributed by atoms with Gasteiger partial charge in [-0.15, -0.1) is 0 Å². The van der Waals surface area contributed by atoms with Gasteiger partial charge in [-0.3, -0.25) is 4.79 Å². The minimum atomic E-state index is -3.19. The van der Waals surface area contributed by atoms with Crippen LogP contribution in [0.1, 0.15) is 5.56 Å². The lowest BCUT2D eigenvalue weighted by atomic mass is 10.00. The summed E-state index contributed by atoms with van der Waals surface area (Å²) in [4.78, 5) is 11.6. The lowest BCUT2D eigenvalue weighted by Gasteiger charge is -2.12. The molecule has 100 valence electrons. The second-order valence-corrected chi connectivity index (χ2v) is 6.09. The number of carbonyl (C=O) groups excluding carboxylic acids is 1. The topological polar surface area (TPSA) is 86.5 Å². The van der Waals surface area contributed by atoms with Gasteiger partial charge in [0.1, 0.15) is 0 Å². The maximum absolute atomic E-state index is 11.4. The maximum atomic E-state index is 11.4. The summed E-state index contributed by atoms with van der Waals surface area (Å²) in [6.45, 7) is 0.195. The number of hydrogen-bond acceptors (Lipinski definition) is 5. The highest BCUT2D eigenvalue weighted by Crippen LogP contribution is 2.14. The summed E-state index contributed by atoms with van der Waals surface area (Å²) in [5.41, 5.74) is 6.35. The summed E-state index contributed by atoms with van der Waals surface area (Å²) < 4.78 is 27.2. The van der Waals surface area contributed by atoms with Crippen LogP contribution in [0.2, 0.25) is 0 Å². The predicted octanol–water partition coefficient (Wildman–Crippen LogP) is 0.381. The van der Waals surface area contributed by atoms with Gasteiger partial charge in [0.2, 0.25) is 0 Å². The van der Waals surface area contributed by atoms with E-state index < -0.39 is 15.8 Å². The van der Waals surface area contributed by atoms with Crippen molar-refractivity contribution in [2.45, 2.75) is 11.3 Å². The molecule has 0 saturated heterocycles. The van der Waals surface area contributed by atoms with Crippen LogP contribution < -0.4 is 5.73 Å². The van der Waals surface area contributed by atoms with Crippen LogP contribution in [-0.2, 0) is 25.8 Å². The Bertz CT molecular complexity index is 507. The Hall–Kier alpha value is -1.40. The molecule has 5 nitrogen and oxygen atoms in total. The summed E-state index contributed by atoms with van der Waals surface area (Å²) in [6, 6.07) is 6.41. The largest absolute Gasteiger partial charge is 0.469 e. The smallest absolute Gasteiger partial charge is 0.310 e. The Balaban J connectivity index is 2.83. The molecule has 0 aromatic heterocycles. The quantitative estimate of drug-likeness (QED) is 0.782. The zero-order valence-electron chi connectivity index (χ0n) is 10.4. The molecule has 1 aromatic carbocycles. The molecule has 0 aliphatic heterocycles. The molecule has 1 aromatic rings. The van der Waals surface area contributed by atoms with Crippen LogP contribution in [0, 0.1) is 5.92 Å². The third-order valence-corrected chi connectivity index (χ3v) is 3.78. The number of ether oxygens (including phenoxy) is 1. The lowest BCUT2D eigenvalue weighted by molar-refractivity contribution is -0.145. The van der Waals surface area contributed by atoms with E-state index in [4.69, 9.17) is 5.73 Å². The van der Waals surface area contributed by atoms with Gasteiger partial charge in [-0.25, -0.2) is 8.42 Å². The average Bonchev–Trinajstić information content (AvgIpc) is 2.34. The first-order valence-electron chi connectivity index (χ1n) is 5.45. The molecule has 0 amide bonds. The normalized spacial score (nSPS) is 13.1. The standard InChI is InChI=1S/C12H17NO4S/c1-17-12(14)10(8-13)7-9-3-5-11(6-4-9)18(2,15)16/h3-6,10H,7-8,13H2,1-2H3. The highest BCUT2D eigenvalue weighted by atomic mass is 32.2. The fourth-order valence-corrected chi connectivity index (χ4v) is 2.22. The molecule has 0 heterocycles. The molecular weight excluding hydrogens is 254 g/mol. The number of methoxy groups -OCH3 is 1. The molecule has 0 radical (unpaired) electrons. The molecule has 2 N–H and O–H groups in total. The molecule has 0 bridgehead atoms. The van der Waals surface area contributed by atoms with Crippen molar-refractivity contribution < 1.29 is 17.9 Å². The number of nitrogens with two attached hydrogens (primary N) is 1. The van der Waals surface area contributed by atoms with Crippen molar-refractivity contribution in [2.24, 2.45) is 11.7 Å². The number of sulfone groups is 1. The Labute approximate surface area is 107 Å². The van der Waals surface area contributed by atoms with Crippen molar-refractivity contribution in [1.82, 2.24) is 0 Å². The van der Waals surface area contributed by atoms with E-state index in [1.807, 2.05) is 0 Å². The van der Waals surface area contributed by atoms with Gasteiger partial charge in [0.25, 0.3) is 0 Å². The molecule has 18 heavy (non-hydrogen) atoms. The molecule has 6 heteroatoms. The Morgan fingerprint density at radius 1 is 1.33 bits per heavy atom. The van der Waals surface area contributed by atoms with Crippen LogP contribution in [0.15, 0.2) is 29.2 Å². The van der Waals surface area contributed by atoms with Crippen molar-refractivity contribution in [3.8, 4) is 0 Å². The number of rotatable bonds is 5. The van der Waals surface area contributed by atoms with E-state index in [1.165, 1.54) is 19.2 Å². The minimum absolute atomic E-state index is 0.195. The van der Waals surface area contributed by atoms with Crippen molar-refractivity contribution in [3.05, 3.63) is 29.8 Å². The summed E-state index contributed by atoms with van der Waals surface area (Å²) >= 11 is 0. The maximum Gasteiger partial charge on any atom is 0.310 e. The Morgan fingerprint density at radius 2 is 1.89 bits per heavy atom. The first-order valence-corrected chi connectivity index (χ1v) is 7.34. The number of benzene rings is 1. The van der Waals surface area contributed by atoms with Gasteiger partial charge in [0.15, 0.2) is 9.84 Å². The summed E-state index contributed by atoms with van der Waals surface area (Å²) in [7, 11) is -1.87. The van der Waals surface area contributed by atoms with Crippen molar-refractivity contribution in [1.29, 1.82) is 0 Å². The van der Waals surface area contributed by atoms with Gasteiger partial charge in [0.05, 0.1) is 17.9 Å². The Morgan fingerprint density at radius 3 is 2.28 bits per heavy atom.